The van der Waals surface area contributed by atoms with Gasteiger partial charge in [-0.25, -0.2) is 4.39 Å². The molecule has 0 fully saturated rings. The van der Waals surface area contributed by atoms with Crippen LogP contribution in [0.2, 0.25) is 0 Å². The van der Waals surface area contributed by atoms with Crippen LogP contribution >= 0.6 is 0 Å². The lowest BCUT2D eigenvalue weighted by Gasteiger charge is -2.05. The highest BCUT2D eigenvalue weighted by molar-refractivity contribution is 5.97. The van der Waals surface area contributed by atoms with Crippen molar-refractivity contribution in [1.29, 1.82) is 0 Å². The van der Waals surface area contributed by atoms with Gasteiger partial charge in [0.25, 0.3) is 0 Å². The molecule has 6 rings (SSSR count). The fourth-order valence-electron chi connectivity index (χ4n) is 5.17. The van der Waals surface area contributed by atoms with Crippen LogP contribution in [0.25, 0.3) is 22.3 Å². The van der Waals surface area contributed by atoms with E-state index < -0.39 is 0 Å². The Kier molecular flexibility index (Phi) is 11.0. The summed E-state index contributed by atoms with van der Waals surface area (Å²) in [6.07, 6.45) is 2.01. The average Bonchev–Trinajstić information content (AvgIpc) is 3.11. The molecule has 0 aromatic heterocycles. The molecule has 6 aromatic rings. The van der Waals surface area contributed by atoms with Crippen LogP contribution in [-0.2, 0) is 12.8 Å². The molecule has 0 unspecified atom stereocenters. The molecule has 0 radical (unpaired) electrons. The molecule has 46 heavy (non-hydrogen) atoms. The summed E-state index contributed by atoms with van der Waals surface area (Å²) in [5, 5.41) is 9.45. The Balaban J connectivity index is 0.000000181. The van der Waals surface area contributed by atoms with Gasteiger partial charge in [-0.15, -0.1) is 0 Å². The zero-order valence-corrected chi connectivity index (χ0v) is 25.5. The van der Waals surface area contributed by atoms with Gasteiger partial charge in [-0.05, 0) is 70.5 Å². The van der Waals surface area contributed by atoms with E-state index in [4.69, 9.17) is 0 Å². The molecule has 0 aliphatic carbocycles. The summed E-state index contributed by atoms with van der Waals surface area (Å²) in [5.41, 5.74) is 7.71. The highest BCUT2D eigenvalue weighted by Gasteiger charge is 2.09. The Morgan fingerprint density at radius 3 is 1.30 bits per heavy atom. The molecule has 0 saturated carbocycles. The van der Waals surface area contributed by atoms with Gasteiger partial charge in [0.05, 0.1) is 0 Å². The highest BCUT2D eigenvalue weighted by Crippen LogP contribution is 2.22. The van der Waals surface area contributed by atoms with E-state index in [1.807, 2.05) is 109 Å². The van der Waals surface area contributed by atoms with Crippen LogP contribution in [0.15, 0.2) is 158 Å². The summed E-state index contributed by atoms with van der Waals surface area (Å²) in [6.45, 7) is 0. The minimum Gasteiger partial charge on any atom is -0.508 e. The first-order valence-corrected chi connectivity index (χ1v) is 15.3. The normalized spacial score (nSPS) is 10.5. The molecule has 6 aromatic carbocycles. The van der Waals surface area contributed by atoms with Crippen LogP contribution in [-0.4, -0.2) is 16.7 Å². The first kappa shape index (κ1) is 31.8. The molecule has 228 valence electrons. The van der Waals surface area contributed by atoms with Crippen LogP contribution in [0.3, 0.4) is 0 Å². The maximum Gasteiger partial charge on any atom is 0.163 e. The number of phenols is 1. The third-order valence-corrected chi connectivity index (χ3v) is 7.71. The van der Waals surface area contributed by atoms with Crippen molar-refractivity contribution >= 4 is 11.6 Å². The molecular weight excluding hydrogens is 571 g/mol. The second-order valence-corrected chi connectivity index (χ2v) is 11.0. The van der Waals surface area contributed by atoms with Crippen molar-refractivity contribution in [2.24, 2.45) is 0 Å². The van der Waals surface area contributed by atoms with Gasteiger partial charge in [-0.2, -0.15) is 0 Å². The number of Topliss-reactive ketones (excluding diaryl/α,β-unsaturated/α-hetero) is 2. The second kappa shape index (κ2) is 15.9. The SMILES string of the molecule is O=C(CCc1cccc(F)c1)c1ccc(-c2ccccc2)cc1.O=C(CCc1cccc(O)c1)c1ccc(-c2ccccc2)cc1. The first-order chi connectivity index (χ1) is 22.4. The smallest absolute Gasteiger partial charge is 0.163 e. The molecule has 0 spiro atoms. The van der Waals surface area contributed by atoms with Crippen molar-refractivity contribution < 1.29 is 19.1 Å². The van der Waals surface area contributed by atoms with Gasteiger partial charge in [-0.3, -0.25) is 9.59 Å². The highest BCUT2D eigenvalue weighted by atomic mass is 19.1. The van der Waals surface area contributed by atoms with Crippen LogP contribution in [0, 0.1) is 5.82 Å². The lowest BCUT2D eigenvalue weighted by Crippen LogP contribution is -2.01. The standard InChI is InChI=1S/C21H17FO.C21H18O2/c2*22-20-8-4-5-16(15-20)9-14-21(23)19-12-10-18(11-13-19)17-6-2-1-3-7-17/h1-8,10-13,15H,9,14H2;1-8,10-13,15,22H,9,14H2. The van der Waals surface area contributed by atoms with E-state index in [0.29, 0.717) is 31.2 Å². The zero-order chi connectivity index (χ0) is 32.1. The topological polar surface area (TPSA) is 54.4 Å². The zero-order valence-electron chi connectivity index (χ0n) is 25.5. The van der Waals surface area contributed by atoms with E-state index in [-0.39, 0.29) is 23.1 Å². The number of aromatic hydroxyl groups is 1. The van der Waals surface area contributed by atoms with Crippen molar-refractivity contribution in [2.75, 3.05) is 0 Å². The summed E-state index contributed by atoms with van der Waals surface area (Å²) in [4.78, 5) is 24.5. The number of rotatable bonds is 10. The van der Waals surface area contributed by atoms with E-state index in [2.05, 4.69) is 12.1 Å². The van der Waals surface area contributed by atoms with Gasteiger partial charge in [0.2, 0.25) is 0 Å². The largest absolute Gasteiger partial charge is 0.508 e. The fourth-order valence-corrected chi connectivity index (χ4v) is 5.17. The maximum absolute atomic E-state index is 13.1. The molecule has 0 aliphatic rings. The number of carbonyl (C=O) groups excluding carboxylic acids is 2. The molecule has 1 N–H and O–H groups in total. The van der Waals surface area contributed by atoms with Gasteiger partial charge < -0.3 is 5.11 Å². The quantitative estimate of drug-likeness (QED) is 0.158. The third-order valence-electron chi connectivity index (χ3n) is 7.71. The van der Waals surface area contributed by atoms with Crippen molar-refractivity contribution in [1.82, 2.24) is 0 Å². The Bertz CT molecular complexity index is 1720. The van der Waals surface area contributed by atoms with E-state index in [9.17, 15) is 19.1 Å². The van der Waals surface area contributed by atoms with Crippen LogP contribution in [0.5, 0.6) is 5.75 Å². The molecule has 0 atom stereocenters. The van der Waals surface area contributed by atoms with Crippen LogP contribution < -0.4 is 0 Å². The number of hydrogen-bond acceptors (Lipinski definition) is 3. The fraction of sp³-hybridized carbons (Fsp3) is 0.0952. The summed E-state index contributed by atoms with van der Waals surface area (Å²) in [7, 11) is 0. The third kappa shape index (κ3) is 9.20. The van der Waals surface area contributed by atoms with Crippen LogP contribution in [0.1, 0.15) is 44.7 Å². The average molecular weight is 607 g/mol. The molecule has 0 heterocycles. The summed E-state index contributed by atoms with van der Waals surface area (Å²) >= 11 is 0. The summed E-state index contributed by atoms with van der Waals surface area (Å²) < 4.78 is 13.1. The minimum atomic E-state index is -0.262. The predicted molar refractivity (Wildman–Crippen MR) is 184 cm³/mol. The number of phenolic OH excluding ortho intramolecular Hbond substituents is 1. The second-order valence-electron chi connectivity index (χ2n) is 11.0. The number of benzene rings is 6. The molecule has 0 aliphatic heterocycles. The van der Waals surface area contributed by atoms with Crippen molar-refractivity contribution in [3.8, 4) is 28.0 Å². The summed E-state index contributed by atoms with van der Waals surface area (Å²) in [6, 6.07) is 49.0. The lowest BCUT2D eigenvalue weighted by molar-refractivity contribution is 0.0975. The maximum atomic E-state index is 13.1. The number of ketones is 2. The minimum absolute atomic E-state index is 0.0777. The number of carbonyl (C=O) groups is 2. The van der Waals surface area contributed by atoms with Gasteiger partial charge in [0.15, 0.2) is 11.6 Å². The van der Waals surface area contributed by atoms with E-state index in [1.165, 1.54) is 12.1 Å². The van der Waals surface area contributed by atoms with Crippen molar-refractivity contribution in [2.45, 2.75) is 25.7 Å². The van der Waals surface area contributed by atoms with Gasteiger partial charge >= 0.3 is 0 Å². The Hall–Kier alpha value is -5.61. The van der Waals surface area contributed by atoms with Crippen molar-refractivity contribution in [3.63, 3.8) is 0 Å². The molecule has 0 amide bonds. The van der Waals surface area contributed by atoms with E-state index >= 15 is 0 Å². The van der Waals surface area contributed by atoms with E-state index in [0.717, 1.165) is 38.9 Å². The number of halogens is 1. The molecule has 3 nitrogen and oxygen atoms in total. The first-order valence-electron chi connectivity index (χ1n) is 15.3. The van der Waals surface area contributed by atoms with E-state index in [1.54, 1.807) is 24.3 Å². The lowest BCUT2D eigenvalue weighted by atomic mass is 9.99. The van der Waals surface area contributed by atoms with Crippen molar-refractivity contribution in [3.05, 3.63) is 186 Å². The molecule has 0 saturated heterocycles. The van der Waals surface area contributed by atoms with Crippen LogP contribution in [0.4, 0.5) is 4.39 Å². The number of hydrogen-bond donors (Lipinski definition) is 1. The number of aryl methyl sites for hydroxylation is 2. The Morgan fingerprint density at radius 2 is 0.870 bits per heavy atom. The van der Waals surface area contributed by atoms with Gasteiger partial charge in [0, 0.05) is 24.0 Å². The Morgan fingerprint density at radius 1 is 0.457 bits per heavy atom. The molecule has 0 bridgehead atoms. The molecular formula is C42H35FO3. The predicted octanol–water partition coefficient (Wildman–Crippen LogP) is 10.2. The monoisotopic (exact) mass is 606 g/mol. The Labute approximate surface area is 269 Å². The molecule has 4 heteroatoms. The summed E-state index contributed by atoms with van der Waals surface area (Å²) in [5.74, 6) is 0.172. The van der Waals surface area contributed by atoms with Gasteiger partial charge in [-0.1, -0.05) is 133 Å². The van der Waals surface area contributed by atoms with Gasteiger partial charge in [0.1, 0.15) is 11.6 Å².